The van der Waals surface area contributed by atoms with Gasteiger partial charge in [0.25, 0.3) is 0 Å². The van der Waals surface area contributed by atoms with Crippen molar-refractivity contribution in [3.8, 4) is 5.75 Å². The van der Waals surface area contributed by atoms with Gasteiger partial charge in [-0.2, -0.15) is 22.8 Å². The summed E-state index contributed by atoms with van der Waals surface area (Å²) >= 11 is 0. The number of rotatable bonds is 5. The fourth-order valence-electron chi connectivity index (χ4n) is 5.46. The van der Waals surface area contributed by atoms with E-state index in [4.69, 9.17) is 9.84 Å². The van der Waals surface area contributed by atoms with Gasteiger partial charge in [-0.1, -0.05) is 6.92 Å². The number of halogens is 3. The van der Waals surface area contributed by atoms with Gasteiger partial charge in [0.2, 0.25) is 0 Å². The number of aryl methyl sites for hydroxylation is 1. The van der Waals surface area contributed by atoms with Crippen LogP contribution in [0.15, 0.2) is 6.07 Å². The molecular weight excluding hydrogens is 437 g/mol. The van der Waals surface area contributed by atoms with Crippen LogP contribution in [0.1, 0.15) is 69.2 Å². The molecule has 10 heteroatoms. The van der Waals surface area contributed by atoms with Crippen LogP contribution in [0.5, 0.6) is 5.75 Å². The van der Waals surface area contributed by atoms with Crippen LogP contribution in [0.4, 0.5) is 19.0 Å². The molecule has 3 heterocycles. The van der Waals surface area contributed by atoms with Crippen LogP contribution in [-0.2, 0) is 4.79 Å². The molecule has 1 saturated carbocycles. The highest BCUT2D eigenvalue weighted by atomic mass is 19.4. The Morgan fingerprint density at radius 1 is 1.30 bits per heavy atom. The Kier molecular flexibility index (Phi) is 6.22. The van der Waals surface area contributed by atoms with Crippen molar-refractivity contribution in [3.05, 3.63) is 17.5 Å². The largest absolute Gasteiger partial charge is 0.491 e. The van der Waals surface area contributed by atoms with Gasteiger partial charge in [-0.05, 0) is 51.9 Å². The van der Waals surface area contributed by atoms with Crippen LogP contribution in [0.3, 0.4) is 0 Å². The quantitative estimate of drug-likeness (QED) is 0.668. The van der Waals surface area contributed by atoms with Crippen molar-refractivity contribution in [3.63, 3.8) is 0 Å². The van der Waals surface area contributed by atoms with Gasteiger partial charge in [0.1, 0.15) is 0 Å². The molecule has 182 valence electrons. The number of aliphatic carboxylic acids is 1. The van der Waals surface area contributed by atoms with E-state index in [-0.39, 0.29) is 18.8 Å². The molecule has 33 heavy (non-hydrogen) atoms. The Morgan fingerprint density at radius 2 is 2.00 bits per heavy atom. The first-order valence-electron chi connectivity index (χ1n) is 11.6. The molecule has 4 rings (SSSR count). The van der Waals surface area contributed by atoms with E-state index in [9.17, 15) is 23.1 Å². The van der Waals surface area contributed by atoms with Crippen molar-refractivity contribution >= 4 is 17.4 Å². The number of carboxylic acids is 1. The van der Waals surface area contributed by atoms with E-state index < -0.39 is 23.5 Å². The molecule has 2 fully saturated rings. The Balaban J connectivity index is 1.71. The zero-order valence-electron chi connectivity index (χ0n) is 19.3. The minimum Gasteiger partial charge on any atom is -0.491 e. The number of fused-ring (bicyclic) bond motifs is 1. The van der Waals surface area contributed by atoms with E-state index in [0.29, 0.717) is 61.7 Å². The average Bonchev–Trinajstić information content (AvgIpc) is 3.20. The Labute approximate surface area is 190 Å². The van der Waals surface area contributed by atoms with E-state index in [1.807, 2.05) is 24.8 Å². The van der Waals surface area contributed by atoms with Gasteiger partial charge in [-0.15, -0.1) is 0 Å². The van der Waals surface area contributed by atoms with Crippen LogP contribution < -0.4 is 9.64 Å². The summed E-state index contributed by atoms with van der Waals surface area (Å²) in [5.41, 5.74) is 1.14. The molecule has 0 amide bonds. The predicted octanol–water partition coefficient (Wildman–Crippen LogP) is 4.96. The third-order valence-corrected chi connectivity index (χ3v) is 7.54. The molecule has 2 aromatic heterocycles. The molecule has 1 aliphatic heterocycles. The Morgan fingerprint density at radius 3 is 2.58 bits per heavy atom. The van der Waals surface area contributed by atoms with Gasteiger partial charge in [-0.25, -0.2) is 4.98 Å². The number of carbonyl (C=O) groups is 1. The Hall–Kier alpha value is -2.52. The van der Waals surface area contributed by atoms with Crippen molar-refractivity contribution < 1.29 is 27.8 Å². The highest BCUT2D eigenvalue weighted by Crippen LogP contribution is 2.44. The first-order valence-corrected chi connectivity index (χ1v) is 11.6. The second-order valence-corrected chi connectivity index (χ2v) is 9.45. The number of piperidine rings is 1. The molecule has 1 atom stereocenters. The van der Waals surface area contributed by atoms with Gasteiger partial charge in [0.05, 0.1) is 29.8 Å². The number of ether oxygens (including phenoxy) is 1. The number of methoxy groups -OCH3 is 1. The van der Waals surface area contributed by atoms with Crippen molar-refractivity contribution in [1.82, 2.24) is 14.6 Å². The smallest absolute Gasteiger partial charge is 0.391 e. The molecule has 7 nitrogen and oxygen atoms in total. The van der Waals surface area contributed by atoms with E-state index in [2.05, 4.69) is 4.98 Å². The molecule has 1 unspecified atom stereocenters. The molecule has 1 saturated heterocycles. The van der Waals surface area contributed by atoms with Crippen molar-refractivity contribution in [2.45, 2.75) is 70.9 Å². The summed E-state index contributed by atoms with van der Waals surface area (Å²) in [6.07, 6.45) is -1.22. The third kappa shape index (κ3) is 4.24. The Bertz CT molecular complexity index is 1030. The van der Waals surface area contributed by atoms with E-state index in [1.165, 1.54) is 0 Å². The van der Waals surface area contributed by atoms with E-state index in [0.717, 1.165) is 12.1 Å². The number of nitrogens with zero attached hydrogens (tertiary/aromatic N) is 4. The zero-order valence-corrected chi connectivity index (χ0v) is 19.3. The lowest BCUT2D eigenvalue weighted by Crippen LogP contribution is -2.48. The number of carboxylic acid groups (broad SMARTS) is 1. The second kappa shape index (κ2) is 8.68. The van der Waals surface area contributed by atoms with Crippen LogP contribution in [0.25, 0.3) is 5.65 Å². The maximum Gasteiger partial charge on any atom is 0.391 e. The minimum atomic E-state index is -4.15. The van der Waals surface area contributed by atoms with Crippen LogP contribution in [-0.4, -0.2) is 52.0 Å². The number of aromatic nitrogens is 3. The molecule has 0 aromatic carbocycles. The van der Waals surface area contributed by atoms with Gasteiger partial charge in [0.15, 0.2) is 17.2 Å². The average molecular weight is 469 g/mol. The summed E-state index contributed by atoms with van der Waals surface area (Å²) in [7, 11) is 1.55. The summed E-state index contributed by atoms with van der Waals surface area (Å²) in [6, 6.07) is 1.85. The number of hydrogen-bond acceptors (Lipinski definition) is 5. The number of alkyl halides is 3. The summed E-state index contributed by atoms with van der Waals surface area (Å²) in [5, 5.41) is 14.7. The molecule has 2 aromatic rings. The third-order valence-electron chi connectivity index (χ3n) is 7.54. The summed E-state index contributed by atoms with van der Waals surface area (Å²) < 4.78 is 46.6. The van der Waals surface area contributed by atoms with Crippen molar-refractivity contribution in [1.29, 1.82) is 0 Å². The first kappa shape index (κ1) is 23.6. The van der Waals surface area contributed by atoms with Crippen LogP contribution in [0.2, 0.25) is 0 Å². The van der Waals surface area contributed by atoms with Gasteiger partial charge in [0, 0.05) is 25.1 Å². The number of hydrogen-bond donors (Lipinski definition) is 1. The van der Waals surface area contributed by atoms with Gasteiger partial charge in [-0.3, -0.25) is 4.79 Å². The molecule has 0 bridgehead atoms. The summed E-state index contributed by atoms with van der Waals surface area (Å²) in [6.45, 7) is 4.72. The molecule has 0 spiro atoms. The van der Waals surface area contributed by atoms with Crippen molar-refractivity contribution in [2.24, 2.45) is 11.3 Å². The lowest BCUT2D eigenvalue weighted by molar-refractivity contribution is -0.182. The summed E-state index contributed by atoms with van der Waals surface area (Å²) in [4.78, 5) is 18.7. The number of anilines is 1. The topological polar surface area (TPSA) is 80.0 Å². The van der Waals surface area contributed by atoms with Gasteiger partial charge >= 0.3 is 12.1 Å². The highest BCUT2D eigenvalue weighted by molar-refractivity contribution is 5.76. The maximum absolute atomic E-state index is 13.1. The second-order valence-electron chi connectivity index (χ2n) is 9.45. The fourth-order valence-corrected chi connectivity index (χ4v) is 5.46. The molecule has 2 aliphatic rings. The zero-order chi connectivity index (χ0) is 24.0. The predicted molar refractivity (Wildman–Crippen MR) is 117 cm³/mol. The summed E-state index contributed by atoms with van der Waals surface area (Å²) in [5.74, 6) is -0.907. The first-order chi connectivity index (χ1) is 15.6. The lowest BCUT2D eigenvalue weighted by atomic mass is 9.77. The molecule has 1 N–H and O–H groups in total. The highest BCUT2D eigenvalue weighted by Gasteiger charge is 2.43. The normalized spacial score (nSPS) is 26.5. The van der Waals surface area contributed by atoms with E-state index >= 15 is 0 Å². The van der Waals surface area contributed by atoms with Crippen LogP contribution >= 0.6 is 0 Å². The minimum absolute atomic E-state index is 0.0560. The van der Waals surface area contributed by atoms with E-state index in [1.54, 1.807) is 11.6 Å². The molecular formula is C23H31F3N4O3. The monoisotopic (exact) mass is 468 g/mol. The fraction of sp³-hybridized carbons (Fsp3) is 0.696. The maximum atomic E-state index is 13.1. The SMILES string of the molecule is CCC1(C(=O)O)CCCN(c2c(OC)c(C)nc3cc(C4CCC(C(F)(F)F)CC4)nn23)C1. The van der Waals surface area contributed by atoms with Crippen LogP contribution in [0, 0.1) is 18.3 Å². The standard InChI is InChI=1S/C23H31F3N4O3/c1-4-22(21(31)32)10-5-11-29(13-22)20-19(33-3)14(2)27-18-12-17(28-30(18)20)15-6-8-16(9-7-15)23(24,25)26/h12,15-16H,4-11,13H2,1-3H3,(H,31,32). The van der Waals surface area contributed by atoms with Gasteiger partial charge < -0.3 is 14.7 Å². The molecule has 0 radical (unpaired) electrons. The lowest BCUT2D eigenvalue weighted by Gasteiger charge is -2.40. The molecule has 1 aliphatic carbocycles. The van der Waals surface area contributed by atoms with Crippen molar-refractivity contribution in [2.75, 3.05) is 25.1 Å².